The Hall–Kier alpha value is -0.650. The van der Waals surface area contributed by atoms with Crippen molar-refractivity contribution in [3.05, 3.63) is 50.9 Å². The Labute approximate surface area is 147 Å². The van der Waals surface area contributed by atoms with Crippen LogP contribution in [0, 0.1) is 0 Å². The first kappa shape index (κ1) is 17.7. The molecule has 1 aromatic carbocycles. The molecule has 0 saturated carbocycles. The van der Waals surface area contributed by atoms with Crippen LogP contribution in [0.5, 0.6) is 0 Å². The zero-order chi connectivity index (χ0) is 14.7. The Morgan fingerprint density at radius 1 is 1.45 bits per heavy atom. The average Bonchev–Trinajstić information content (AvgIpc) is 2.95. The zero-order valence-electron chi connectivity index (χ0n) is 12.6. The smallest absolute Gasteiger partial charge is 0.0926 e. The topological polar surface area (TPSA) is 28.2 Å². The second-order valence-electron chi connectivity index (χ2n) is 5.33. The highest BCUT2D eigenvalue weighted by atomic mass is 35.5. The summed E-state index contributed by atoms with van der Waals surface area (Å²) in [6.45, 7) is 6.10. The van der Waals surface area contributed by atoms with Crippen LogP contribution in [-0.4, -0.2) is 29.5 Å². The number of nitrogens with one attached hydrogen (secondary N) is 1. The van der Waals surface area contributed by atoms with E-state index in [4.69, 9.17) is 16.6 Å². The van der Waals surface area contributed by atoms with Gasteiger partial charge in [0.25, 0.3) is 0 Å². The molecule has 120 valence electrons. The predicted octanol–water partition coefficient (Wildman–Crippen LogP) is 3.93. The maximum absolute atomic E-state index is 6.14. The lowest BCUT2D eigenvalue weighted by molar-refractivity contribution is 0.152. The minimum atomic E-state index is 0. The molecule has 1 N–H and O–H groups in total. The molecule has 1 aliphatic heterocycles. The first-order chi connectivity index (χ1) is 10.3. The first-order valence-electron chi connectivity index (χ1n) is 7.39. The summed E-state index contributed by atoms with van der Waals surface area (Å²) in [6, 6.07) is 8.56. The van der Waals surface area contributed by atoms with Crippen molar-refractivity contribution in [2.45, 2.75) is 25.9 Å². The summed E-state index contributed by atoms with van der Waals surface area (Å²) in [5, 5.41) is 7.70. The highest BCUT2D eigenvalue weighted by Gasteiger charge is 2.24. The normalized spacial score (nSPS) is 18.9. The number of benzene rings is 1. The van der Waals surface area contributed by atoms with E-state index in [-0.39, 0.29) is 12.4 Å². The van der Waals surface area contributed by atoms with Gasteiger partial charge < -0.3 is 5.32 Å². The SMILES string of the molecule is CCc1nc(CN2CCNCC2c2cccc(Cl)c2)cs1.Cl. The fraction of sp³-hybridized carbons (Fsp3) is 0.438. The van der Waals surface area contributed by atoms with Crippen molar-refractivity contribution in [2.24, 2.45) is 0 Å². The van der Waals surface area contributed by atoms with Crippen molar-refractivity contribution in [1.82, 2.24) is 15.2 Å². The summed E-state index contributed by atoms with van der Waals surface area (Å²) in [4.78, 5) is 7.20. The molecule has 0 amide bonds. The lowest BCUT2D eigenvalue weighted by atomic mass is 10.0. The van der Waals surface area contributed by atoms with Gasteiger partial charge in [0.15, 0.2) is 0 Å². The highest BCUT2D eigenvalue weighted by Crippen LogP contribution is 2.26. The standard InChI is InChI=1S/C16H20ClN3S.ClH/c1-2-16-19-14(11-21-16)10-20-7-6-18-9-15(20)12-4-3-5-13(17)8-12;/h3-5,8,11,15,18H,2,6-7,9-10H2,1H3;1H. The van der Waals surface area contributed by atoms with Crippen LogP contribution in [0.4, 0.5) is 0 Å². The van der Waals surface area contributed by atoms with Crippen LogP contribution in [0.1, 0.15) is 29.2 Å². The lowest BCUT2D eigenvalue weighted by Gasteiger charge is -2.36. The maximum atomic E-state index is 6.14. The number of hydrogen-bond donors (Lipinski definition) is 1. The first-order valence-corrected chi connectivity index (χ1v) is 8.65. The third-order valence-electron chi connectivity index (χ3n) is 3.85. The van der Waals surface area contributed by atoms with Crippen LogP contribution in [0.25, 0.3) is 0 Å². The van der Waals surface area contributed by atoms with Crippen LogP contribution in [-0.2, 0) is 13.0 Å². The summed E-state index contributed by atoms with van der Waals surface area (Å²) in [5.74, 6) is 0. The van der Waals surface area contributed by atoms with E-state index >= 15 is 0 Å². The van der Waals surface area contributed by atoms with Crippen LogP contribution < -0.4 is 5.32 Å². The number of aryl methyl sites for hydroxylation is 1. The average molecular weight is 358 g/mol. The Bertz CT molecular complexity index is 603. The van der Waals surface area contributed by atoms with Crippen molar-refractivity contribution in [1.29, 1.82) is 0 Å². The van der Waals surface area contributed by atoms with Gasteiger partial charge in [-0.15, -0.1) is 23.7 Å². The molecule has 0 bridgehead atoms. The van der Waals surface area contributed by atoms with E-state index in [1.807, 2.05) is 12.1 Å². The van der Waals surface area contributed by atoms with Crippen molar-refractivity contribution in [3.63, 3.8) is 0 Å². The molecule has 2 aromatic rings. The van der Waals surface area contributed by atoms with Gasteiger partial charge in [0.2, 0.25) is 0 Å². The molecular formula is C16H21Cl2N3S. The molecule has 2 heterocycles. The van der Waals surface area contributed by atoms with Gasteiger partial charge in [-0.1, -0.05) is 30.7 Å². The summed E-state index contributed by atoms with van der Waals surface area (Å²) >= 11 is 7.91. The second kappa shape index (κ2) is 8.27. The summed E-state index contributed by atoms with van der Waals surface area (Å²) in [5.41, 5.74) is 2.46. The predicted molar refractivity (Wildman–Crippen MR) is 96.2 cm³/mol. The van der Waals surface area contributed by atoms with E-state index in [0.29, 0.717) is 6.04 Å². The molecule has 1 unspecified atom stereocenters. The number of hydrogen-bond acceptors (Lipinski definition) is 4. The van der Waals surface area contributed by atoms with Crippen molar-refractivity contribution in [3.8, 4) is 0 Å². The van der Waals surface area contributed by atoms with Gasteiger partial charge in [0, 0.05) is 42.6 Å². The Balaban J connectivity index is 0.00000176. The third kappa shape index (κ3) is 4.21. The number of rotatable bonds is 4. The molecule has 1 fully saturated rings. The molecule has 3 nitrogen and oxygen atoms in total. The number of nitrogens with zero attached hydrogens (tertiary/aromatic N) is 2. The quantitative estimate of drug-likeness (QED) is 0.898. The molecular weight excluding hydrogens is 337 g/mol. The van der Waals surface area contributed by atoms with Crippen molar-refractivity contribution in [2.75, 3.05) is 19.6 Å². The van der Waals surface area contributed by atoms with Gasteiger partial charge in [0.1, 0.15) is 0 Å². The summed E-state index contributed by atoms with van der Waals surface area (Å²) in [7, 11) is 0. The van der Waals surface area contributed by atoms with Crippen LogP contribution >= 0.6 is 35.3 Å². The molecule has 1 saturated heterocycles. The van der Waals surface area contributed by atoms with Crippen molar-refractivity contribution >= 4 is 35.3 Å². The van der Waals surface area contributed by atoms with E-state index in [1.165, 1.54) is 16.3 Å². The molecule has 3 rings (SSSR count). The van der Waals surface area contributed by atoms with Crippen LogP contribution in [0.15, 0.2) is 29.6 Å². The Morgan fingerprint density at radius 3 is 3.05 bits per heavy atom. The fourth-order valence-corrected chi connectivity index (χ4v) is 3.70. The molecule has 0 spiro atoms. The lowest BCUT2D eigenvalue weighted by Crippen LogP contribution is -2.45. The zero-order valence-corrected chi connectivity index (χ0v) is 15.0. The van der Waals surface area contributed by atoms with Crippen LogP contribution in [0.2, 0.25) is 5.02 Å². The van der Waals surface area contributed by atoms with E-state index in [1.54, 1.807) is 11.3 Å². The van der Waals surface area contributed by atoms with Gasteiger partial charge >= 0.3 is 0 Å². The van der Waals surface area contributed by atoms with Gasteiger partial charge in [-0.3, -0.25) is 4.90 Å². The Morgan fingerprint density at radius 2 is 2.32 bits per heavy atom. The summed E-state index contributed by atoms with van der Waals surface area (Å²) in [6.07, 6.45) is 1.02. The third-order valence-corrected chi connectivity index (χ3v) is 5.13. The maximum Gasteiger partial charge on any atom is 0.0926 e. The van der Waals surface area contributed by atoms with E-state index in [2.05, 4.69) is 34.7 Å². The fourth-order valence-electron chi connectivity index (χ4n) is 2.77. The molecule has 22 heavy (non-hydrogen) atoms. The second-order valence-corrected chi connectivity index (χ2v) is 6.71. The molecule has 6 heteroatoms. The number of halogens is 2. The minimum absolute atomic E-state index is 0. The van der Waals surface area contributed by atoms with Crippen LogP contribution in [0.3, 0.4) is 0 Å². The monoisotopic (exact) mass is 357 g/mol. The molecule has 0 radical (unpaired) electrons. The van der Waals surface area contributed by atoms with E-state index < -0.39 is 0 Å². The van der Waals surface area contributed by atoms with Gasteiger partial charge in [-0.25, -0.2) is 4.98 Å². The van der Waals surface area contributed by atoms with Gasteiger partial charge in [-0.2, -0.15) is 0 Å². The number of thiazole rings is 1. The van der Waals surface area contributed by atoms with E-state index in [0.717, 1.165) is 37.6 Å². The number of aromatic nitrogens is 1. The van der Waals surface area contributed by atoms with E-state index in [9.17, 15) is 0 Å². The minimum Gasteiger partial charge on any atom is -0.314 e. The van der Waals surface area contributed by atoms with Crippen molar-refractivity contribution < 1.29 is 0 Å². The largest absolute Gasteiger partial charge is 0.314 e. The molecule has 1 aromatic heterocycles. The molecule has 1 aliphatic rings. The number of piperazine rings is 1. The molecule has 1 atom stereocenters. The van der Waals surface area contributed by atoms with Gasteiger partial charge in [-0.05, 0) is 24.1 Å². The Kier molecular flexibility index (Phi) is 6.66. The van der Waals surface area contributed by atoms with Gasteiger partial charge in [0.05, 0.1) is 10.7 Å². The molecule has 0 aliphatic carbocycles. The summed E-state index contributed by atoms with van der Waals surface area (Å²) < 4.78 is 0. The highest BCUT2D eigenvalue weighted by molar-refractivity contribution is 7.09.